The summed E-state index contributed by atoms with van der Waals surface area (Å²) < 4.78 is 5.69. The molecule has 1 aliphatic heterocycles. The van der Waals surface area contributed by atoms with E-state index >= 15 is 0 Å². The molecular weight excluding hydrogens is 224 g/mol. The zero-order chi connectivity index (χ0) is 10.3. The molecule has 1 aromatic rings. The third-order valence-corrected chi connectivity index (χ3v) is 6.77. The molecule has 0 atom stereocenters. The molecule has 0 aromatic heterocycles. The van der Waals surface area contributed by atoms with Crippen LogP contribution in [0.5, 0.6) is 5.75 Å². The molecule has 0 radical (unpaired) electrons. The molecule has 15 heavy (non-hydrogen) atoms. The van der Waals surface area contributed by atoms with E-state index in [0.717, 1.165) is 5.75 Å². The van der Waals surface area contributed by atoms with Crippen molar-refractivity contribution >= 4 is 23.5 Å². The van der Waals surface area contributed by atoms with Gasteiger partial charge < -0.3 is 4.74 Å². The van der Waals surface area contributed by atoms with Crippen LogP contribution in [0.2, 0.25) is 0 Å². The van der Waals surface area contributed by atoms with E-state index in [9.17, 15) is 0 Å². The zero-order valence-corrected chi connectivity index (χ0v) is 10.4. The second-order valence-electron chi connectivity index (χ2n) is 3.97. The summed E-state index contributed by atoms with van der Waals surface area (Å²) in [6, 6.07) is 6.57. The Labute approximate surface area is 99.0 Å². The Morgan fingerprint density at radius 2 is 2.07 bits per heavy atom. The molecule has 0 saturated carbocycles. The maximum Gasteiger partial charge on any atom is 0.119 e. The summed E-state index contributed by atoms with van der Waals surface area (Å²) in [5.41, 5.74) is 3.05. The molecule has 1 aromatic carbocycles. The van der Waals surface area contributed by atoms with E-state index in [0.29, 0.717) is 4.08 Å². The molecule has 3 rings (SSSR count). The minimum atomic E-state index is 0.365. The Morgan fingerprint density at radius 1 is 1.27 bits per heavy atom. The van der Waals surface area contributed by atoms with Crippen LogP contribution in [0.4, 0.5) is 0 Å². The van der Waals surface area contributed by atoms with E-state index in [-0.39, 0.29) is 0 Å². The van der Waals surface area contributed by atoms with Gasteiger partial charge in [-0.1, -0.05) is 6.07 Å². The molecule has 1 aliphatic carbocycles. The predicted molar refractivity (Wildman–Crippen MR) is 67.9 cm³/mol. The average molecular weight is 238 g/mol. The van der Waals surface area contributed by atoms with Crippen molar-refractivity contribution in [3.05, 3.63) is 29.3 Å². The van der Waals surface area contributed by atoms with Crippen molar-refractivity contribution in [3.8, 4) is 5.75 Å². The highest BCUT2D eigenvalue weighted by atomic mass is 32.2. The van der Waals surface area contributed by atoms with Gasteiger partial charge in [0.25, 0.3) is 0 Å². The molecule has 1 heterocycles. The lowest BCUT2D eigenvalue weighted by molar-refractivity contribution is 0.414. The van der Waals surface area contributed by atoms with Crippen LogP contribution < -0.4 is 4.74 Å². The summed E-state index contributed by atoms with van der Waals surface area (Å²) in [6.07, 6.45) is 2.53. The Morgan fingerprint density at radius 3 is 2.80 bits per heavy atom. The second-order valence-corrected chi connectivity index (χ2v) is 7.02. The van der Waals surface area contributed by atoms with Gasteiger partial charge in [0.2, 0.25) is 0 Å². The SMILES string of the molecule is COc1ccc2c(c1)C1(CC2)SCCS1. The second kappa shape index (κ2) is 3.63. The first-order valence-electron chi connectivity index (χ1n) is 5.29. The Bertz CT molecular complexity index is 383. The maximum absolute atomic E-state index is 5.32. The van der Waals surface area contributed by atoms with Crippen molar-refractivity contribution in [2.75, 3.05) is 18.6 Å². The van der Waals surface area contributed by atoms with Crippen LogP contribution in [0.15, 0.2) is 18.2 Å². The van der Waals surface area contributed by atoms with Crippen molar-refractivity contribution in [2.24, 2.45) is 0 Å². The van der Waals surface area contributed by atoms with E-state index in [2.05, 4.69) is 41.7 Å². The van der Waals surface area contributed by atoms with Gasteiger partial charge in [-0.05, 0) is 36.1 Å². The third kappa shape index (κ3) is 1.48. The summed E-state index contributed by atoms with van der Waals surface area (Å²) >= 11 is 4.24. The number of benzene rings is 1. The van der Waals surface area contributed by atoms with Gasteiger partial charge in [-0.2, -0.15) is 0 Å². The summed E-state index contributed by atoms with van der Waals surface area (Å²) in [5, 5.41) is 0. The molecule has 1 nitrogen and oxygen atoms in total. The monoisotopic (exact) mass is 238 g/mol. The highest BCUT2D eigenvalue weighted by molar-refractivity contribution is 8.20. The van der Waals surface area contributed by atoms with E-state index in [4.69, 9.17) is 4.74 Å². The van der Waals surface area contributed by atoms with Crippen LogP contribution in [-0.4, -0.2) is 18.6 Å². The highest BCUT2D eigenvalue weighted by Gasteiger charge is 2.42. The van der Waals surface area contributed by atoms with Gasteiger partial charge in [-0.25, -0.2) is 0 Å². The van der Waals surface area contributed by atoms with Gasteiger partial charge in [0, 0.05) is 11.5 Å². The lowest BCUT2D eigenvalue weighted by Crippen LogP contribution is -2.09. The summed E-state index contributed by atoms with van der Waals surface area (Å²) in [7, 11) is 1.75. The topological polar surface area (TPSA) is 9.23 Å². The number of hydrogen-bond donors (Lipinski definition) is 0. The zero-order valence-electron chi connectivity index (χ0n) is 8.79. The number of hydrogen-bond acceptors (Lipinski definition) is 3. The summed E-state index contributed by atoms with van der Waals surface area (Å²) in [5.74, 6) is 3.59. The van der Waals surface area contributed by atoms with Crippen molar-refractivity contribution in [2.45, 2.75) is 16.9 Å². The van der Waals surface area contributed by atoms with Crippen LogP contribution >= 0.6 is 23.5 Å². The molecule has 80 valence electrons. The molecule has 0 unspecified atom stereocenters. The van der Waals surface area contributed by atoms with Gasteiger partial charge >= 0.3 is 0 Å². The fraction of sp³-hybridized carbons (Fsp3) is 0.500. The van der Waals surface area contributed by atoms with Crippen LogP contribution in [0.1, 0.15) is 17.5 Å². The fourth-order valence-corrected chi connectivity index (χ4v) is 5.79. The first-order chi connectivity index (χ1) is 7.34. The third-order valence-electron chi connectivity index (χ3n) is 3.20. The van der Waals surface area contributed by atoms with E-state index in [1.807, 2.05) is 0 Å². The molecule has 0 amide bonds. The highest BCUT2D eigenvalue weighted by Crippen LogP contribution is 2.59. The molecule has 1 spiro atoms. The van der Waals surface area contributed by atoms with Crippen LogP contribution in [-0.2, 0) is 10.5 Å². The standard InChI is InChI=1S/C12H14OS2/c1-13-10-3-2-9-4-5-12(11(9)8-10)14-6-7-15-12/h2-3,8H,4-7H2,1H3. The summed E-state index contributed by atoms with van der Waals surface area (Å²) in [4.78, 5) is 0. The minimum absolute atomic E-state index is 0.365. The molecule has 1 fully saturated rings. The van der Waals surface area contributed by atoms with E-state index < -0.39 is 0 Å². The first-order valence-corrected chi connectivity index (χ1v) is 7.26. The van der Waals surface area contributed by atoms with Gasteiger partial charge in [-0.15, -0.1) is 23.5 Å². The predicted octanol–water partition coefficient (Wildman–Crippen LogP) is 3.27. The van der Waals surface area contributed by atoms with Crippen molar-refractivity contribution < 1.29 is 4.74 Å². The smallest absolute Gasteiger partial charge is 0.119 e. The van der Waals surface area contributed by atoms with Gasteiger partial charge in [-0.3, -0.25) is 0 Å². The largest absolute Gasteiger partial charge is 0.497 e. The number of aryl methyl sites for hydroxylation is 1. The number of fused-ring (bicyclic) bond motifs is 2. The van der Waals surface area contributed by atoms with Crippen molar-refractivity contribution in [3.63, 3.8) is 0 Å². The first kappa shape index (κ1) is 9.91. The number of rotatable bonds is 1. The molecular formula is C12H14OS2. The maximum atomic E-state index is 5.32. The molecule has 1 saturated heterocycles. The van der Waals surface area contributed by atoms with Crippen LogP contribution in [0.25, 0.3) is 0 Å². The van der Waals surface area contributed by atoms with Gasteiger partial charge in [0.15, 0.2) is 0 Å². The quantitative estimate of drug-likeness (QED) is 0.743. The minimum Gasteiger partial charge on any atom is -0.497 e. The molecule has 3 heteroatoms. The lowest BCUT2D eigenvalue weighted by Gasteiger charge is -2.22. The fourth-order valence-electron chi connectivity index (χ4n) is 2.44. The lowest BCUT2D eigenvalue weighted by atomic mass is 10.1. The summed E-state index contributed by atoms with van der Waals surface area (Å²) in [6.45, 7) is 0. The normalized spacial score (nSPS) is 21.9. The van der Waals surface area contributed by atoms with Gasteiger partial charge in [0.05, 0.1) is 11.2 Å². The molecule has 2 aliphatic rings. The van der Waals surface area contributed by atoms with Crippen LogP contribution in [0.3, 0.4) is 0 Å². The number of ether oxygens (including phenoxy) is 1. The van der Waals surface area contributed by atoms with E-state index in [1.165, 1.54) is 35.5 Å². The number of thioether (sulfide) groups is 2. The number of methoxy groups -OCH3 is 1. The van der Waals surface area contributed by atoms with Crippen molar-refractivity contribution in [1.82, 2.24) is 0 Å². The average Bonchev–Trinajstić information content (AvgIpc) is 2.89. The Balaban J connectivity index is 2.07. The van der Waals surface area contributed by atoms with Crippen LogP contribution in [0, 0.1) is 0 Å². The van der Waals surface area contributed by atoms with Crippen molar-refractivity contribution in [1.29, 1.82) is 0 Å². The molecule has 0 bridgehead atoms. The van der Waals surface area contributed by atoms with E-state index in [1.54, 1.807) is 7.11 Å². The Hall–Kier alpha value is -0.280. The Kier molecular flexibility index (Phi) is 2.40. The van der Waals surface area contributed by atoms with Gasteiger partial charge in [0.1, 0.15) is 5.75 Å². The molecule has 0 N–H and O–H groups in total.